The van der Waals surface area contributed by atoms with Gasteiger partial charge in [-0.2, -0.15) is 5.10 Å². The average molecular weight is 540 g/mol. The van der Waals surface area contributed by atoms with Crippen LogP contribution in [0.2, 0.25) is 5.02 Å². The second kappa shape index (κ2) is 10.2. The Morgan fingerprint density at radius 1 is 0.974 bits per heavy atom. The minimum Gasteiger partial charge on any atom is -0.438 e. The minimum absolute atomic E-state index is 0.444. The van der Waals surface area contributed by atoms with Gasteiger partial charge in [-0.25, -0.2) is 20.0 Å². The smallest absolute Gasteiger partial charge is 0.228 e. The van der Waals surface area contributed by atoms with Crippen LogP contribution >= 0.6 is 22.9 Å². The summed E-state index contributed by atoms with van der Waals surface area (Å²) >= 11 is 7.78. The summed E-state index contributed by atoms with van der Waals surface area (Å²) in [7, 11) is 1.77. The standard InChI is InChI=1S/C28H22ClN7OS/c1-31-28-33-14-12-23(34-28)22-7-4-13-32-27(22)37-19-10-8-18(9-11-19)36-26(30)21-6-3-2-5-20(21)25(35-36)24-15-17(29)16-38-24/h2-16,26H,30H2,1H3,(H,31,33,34). The number of ether oxygens (including phenoxy) is 1. The van der Waals surface area contributed by atoms with E-state index in [1.165, 1.54) is 0 Å². The van der Waals surface area contributed by atoms with Gasteiger partial charge in [0, 0.05) is 35.9 Å². The number of hydrogen-bond donors (Lipinski definition) is 2. The van der Waals surface area contributed by atoms with Crippen LogP contribution in [0.3, 0.4) is 0 Å². The molecule has 3 N–H and O–H groups in total. The highest BCUT2D eigenvalue weighted by Crippen LogP contribution is 2.36. The lowest BCUT2D eigenvalue weighted by atomic mass is 9.98. The summed E-state index contributed by atoms with van der Waals surface area (Å²) < 4.78 is 6.17. The number of pyridine rings is 1. The van der Waals surface area contributed by atoms with Crippen molar-refractivity contribution in [2.75, 3.05) is 17.4 Å². The normalized spacial score (nSPS) is 14.6. The van der Waals surface area contributed by atoms with Gasteiger partial charge in [-0.3, -0.25) is 0 Å². The van der Waals surface area contributed by atoms with Crippen molar-refractivity contribution in [1.29, 1.82) is 0 Å². The number of benzene rings is 2. The molecule has 6 rings (SSSR count). The third-order valence-electron chi connectivity index (χ3n) is 6.05. The predicted octanol–water partition coefficient (Wildman–Crippen LogP) is 6.32. The molecular weight excluding hydrogens is 518 g/mol. The summed E-state index contributed by atoms with van der Waals surface area (Å²) in [5, 5.41) is 12.3. The number of nitrogens with one attached hydrogen (secondary N) is 1. The van der Waals surface area contributed by atoms with Crippen molar-refractivity contribution in [3.05, 3.63) is 112 Å². The topological polar surface area (TPSA) is 102 Å². The van der Waals surface area contributed by atoms with Crippen molar-refractivity contribution in [2.45, 2.75) is 6.17 Å². The highest BCUT2D eigenvalue weighted by molar-refractivity contribution is 7.12. The van der Waals surface area contributed by atoms with Crippen molar-refractivity contribution in [3.8, 4) is 22.9 Å². The molecule has 0 bridgehead atoms. The van der Waals surface area contributed by atoms with Gasteiger partial charge in [0.05, 0.1) is 26.8 Å². The van der Waals surface area contributed by atoms with Gasteiger partial charge in [0.1, 0.15) is 17.6 Å². The van der Waals surface area contributed by atoms with Gasteiger partial charge in [0.15, 0.2) is 0 Å². The zero-order valence-electron chi connectivity index (χ0n) is 20.2. The fraction of sp³-hybridized carbons (Fsp3) is 0.0714. The van der Waals surface area contributed by atoms with E-state index in [9.17, 15) is 0 Å². The maximum atomic E-state index is 6.68. The fourth-order valence-electron chi connectivity index (χ4n) is 4.24. The lowest BCUT2D eigenvalue weighted by Crippen LogP contribution is -2.36. The number of nitrogens with two attached hydrogens (primary N) is 1. The van der Waals surface area contributed by atoms with Gasteiger partial charge < -0.3 is 15.8 Å². The number of halogens is 1. The molecule has 0 radical (unpaired) electrons. The van der Waals surface area contributed by atoms with Crippen LogP contribution in [-0.4, -0.2) is 27.7 Å². The lowest BCUT2D eigenvalue weighted by Gasteiger charge is -2.33. The summed E-state index contributed by atoms with van der Waals surface area (Å²) in [6, 6.07) is 23.2. The van der Waals surface area contributed by atoms with E-state index in [1.807, 2.05) is 83.2 Å². The molecule has 38 heavy (non-hydrogen) atoms. The first-order valence-electron chi connectivity index (χ1n) is 11.8. The molecule has 4 heterocycles. The van der Waals surface area contributed by atoms with E-state index in [1.54, 1.807) is 30.8 Å². The van der Waals surface area contributed by atoms with Crippen LogP contribution in [0.15, 0.2) is 95.7 Å². The van der Waals surface area contributed by atoms with Gasteiger partial charge >= 0.3 is 0 Å². The van der Waals surface area contributed by atoms with E-state index in [0.717, 1.165) is 33.0 Å². The van der Waals surface area contributed by atoms with Crippen LogP contribution in [-0.2, 0) is 0 Å². The summed E-state index contributed by atoms with van der Waals surface area (Å²) in [6.45, 7) is 0. The van der Waals surface area contributed by atoms with Crippen LogP contribution in [0.25, 0.3) is 11.3 Å². The molecule has 2 aromatic carbocycles. The number of rotatable bonds is 6. The van der Waals surface area contributed by atoms with Crippen LogP contribution in [0.5, 0.6) is 11.6 Å². The molecule has 1 aliphatic heterocycles. The largest absolute Gasteiger partial charge is 0.438 e. The Morgan fingerprint density at radius 2 is 1.79 bits per heavy atom. The number of hydrogen-bond acceptors (Lipinski definition) is 9. The average Bonchev–Trinajstić information content (AvgIpc) is 3.40. The van der Waals surface area contributed by atoms with Gasteiger partial charge in [0.2, 0.25) is 11.8 Å². The van der Waals surface area contributed by atoms with E-state index in [-0.39, 0.29) is 0 Å². The number of aromatic nitrogens is 3. The van der Waals surface area contributed by atoms with Crippen LogP contribution < -0.4 is 20.8 Å². The van der Waals surface area contributed by atoms with Crippen molar-refractivity contribution in [3.63, 3.8) is 0 Å². The Bertz CT molecular complexity index is 1640. The van der Waals surface area contributed by atoms with E-state index < -0.39 is 6.17 Å². The number of hydrazone groups is 1. The highest BCUT2D eigenvalue weighted by Gasteiger charge is 2.28. The third-order valence-corrected chi connectivity index (χ3v) is 7.33. The lowest BCUT2D eigenvalue weighted by molar-refractivity contribution is 0.464. The van der Waals surface area contributed by atoms with Crippen LogP contribution in [0, 0.1) is 0 Å². The van der Waals surface area contributed by atoms with Crippen LogP contribution in [0.1, 0.15) is 22.2 Å². The quantitative estimate of drug-likeness (QED) is 0.260. The second-order valence-corrected chi connectivity index (χ2v) is 9.77. The molecule has 188 valence electrons. The van der Waals surface area contributed by atoms with Gasteiger partial charge in [-0.05, 0) is 48.5 Å². The van der Waals surface area contributed by atoms with Crippen molar-refractivity contribution in [2.24, 2.45) is 10.8 Å². The molecule has 1 aliphatic rings. The van der Waals surface area contributed by atoms with Crippen molar-refractivity contribution >= 4 is 40.3 Å². The maximum Gasteiger partial charge on any atom is 0.228 e. The molecule has 0 fully saturated rings. The Kier molecular flexibility index (Phi) is 6.47. The molecule has 1 unspecified atom stereocenters. The molecule has 0 saturated carbocycles. The Hall–Kier alpha value is -4.31. The molecule has 0 amide bonds. The summed E-state index contributed by atoms with van der Waals surface area (Å²) in [6.07, 6.45) is 2.93. The highest BCUT2D eigenvalue weighted by atomic mass is 35.5. The molecule has 3 aromatic heterocycles. The SMILES string of the molecule is CNc1nccc(-c2cccnc2Oc2ccc(N3N=C(c4cc(Cl)cs4)c4ccccc4C3N)cc2)n1. The summed E-state index contributed by atoms with van der Waals surface area (Å²) in [4.78, 5) is 14.1. The Labute approximate surface area is 228 Å². The Morgan fingerprint density at radius 3 is 2.58 bits per heavy atom. The molecule has 0 saturated heterocycles. The third kappa shape index (κ3) is 4.58. The molecule has 0 spiro atoms. The molecule has 10 heteroatoms. The first kappa shape index (κ1) is 24.1. The van der Waals surface area contributed by atoms with Gasteiger partial charge in [-0.15, -0.1) is 11.3 Å². The maximum absolute atomic E-state index is 6.68. The predicted molar refractivity (Wildman–Crippen MR) is 152 cm³/mol. The molecule has 5 aromatic rings. The van der Waals surface area contributed by atoms with Gasteiger partial charge in [-0.1, -0.05) is 35.9 Å². The number of nitrogens with zero attached hydrogens (tertiary/aromatic N) is 5. The van der Waals surface area contributed by atoms with E-state index in [4.69, 9.17) is 27.2 Å². The molecule has 0 aliphatic carbocycles. The second-order valence-electron chi connectivity index (χ2n) is 8.42. The summed E-state index contributed by atoms with van der Waals surface area (Å²) in [5.74, 6) is 1.59. The van der Waals surface area contributed by atoms with E-state index in [0.29, 0.717) is 28.3 Å². The first-order valence-corrected chi connectivity index (χ1v) is 13.1. The zero-order valence-corrected chi connectivity index (χ0v) is 21.8. The van der Waals surface area contributed by atoms with E-state index in [2.05, 4.69) is 20.3 Å². The minimum atomic E-state index is -0.446. The van der Waals surface area contributed by atoms with Crippen molar-refractivity contribution in [1.82, 2.24) is 15.0 Å². The summed E-state index contributed by atoms with van der Waals surface area (Å²) in [5.41, 5.74) is 11.8. The number of thiophene rings is 1. The number of fused-ring (bicyclic) bond motifs is 1. The monoisotopic (exact) mass is 539 g/mol. The van der Waals surface area contributed by atoms with Crippen LogP contribution in [0.4, 0.5) is 11.6 Å². The Balaban J connectivity index is 1.31. The fourth-order valence-corrected chi connectivity index (χ4v) is 5.31. The van der Waals surface area contributed by atoms with Gasteiger partial charge in [0.25, 0.3) is 0 Å². The molecule has 1 atom stereocenters. The van der Waals surface area contributed by atoms with Crippen molar-refractivity contribution < 1.29 is 4.74 Å². The number of anilines is 2. The van der Waals surface area contributed by atoms with E-state index >= 15 is 0 Å². The molecular formula is C28H22ClN7OS. The molecule has 8 nitrogen and oxygen atoms in total. The first-order chi connectivity index (χ1) is 18.6. The zero-order chi connectivity index (χ0) is 26.1.